The highest BCUT2D eigenvalue weighted by Gasteiger charge is 2.28. The maximum atomic E-state index is 12.4. The number of nitrogens with zero attached hydrogens (tertiary/aromatic N) is 1. The summed E-state index contributed by atoms with van der Waals surface area (Å²) in [6.45, 7) is 0.301. The van der Waals surface area contributed by atoms with Gasteiger partial charge < -0.3 is 38.0 Å². The molecule has 0 aliphatic heterocycles. The molecule has 0 aromatic rings. The Bertz CT molecular complexity index is 583. The molecule has 12 nitrogen and oxygen atoms in total. The molecule has 10 N–H and O–H groups in total. The number of aliphatic imine (C=N–C) groups is 1. The first kappa shape index (κ1) is 25.5. The Kier molecular flexibility index (Phi) is 12.4. The maximum absolute atomic E-state index is 12.4. The second kappa shape index (κ2) is 13.6. The molecule has 0 radical (unpaired) electrons. The van der Waals surface area contributed by atoms with E-state index in [1.807, 2.05) is 0 Å². The van der Waals surface area contributed by atoms with E-state index in [9.17, 15) is 19.2 Å². The van der Waals surface area contributed by atoms with Crippen molar-refractivity contribution in [2.45, 2.75) is 43.8 Å². The van der Waals surface area contributed by atoms with Gasteiger partial charge in [-0.05, 0) is 31.3 Å². The molecule has 0 aliphatic carbocycles. The number of carboxylic acids is 2. The van der Waals surface area contributed by atoms with Crippen molar-refractivity contribution in [1.82, 2.24) is 10.6 Å². The number of nitrogens with one attached hydrogen (secondary N) is 2. The Morgan fingerprint density at radius 1 is 1.04 bits per heavy atom. The highest BCUT2D eigenvalue weighted by atomic mass is 32.2. The number of hydrogen-bond donors (Lipinski definition) is 7. The lowest BCUT2D eigenvalue weighted by atomic mass is 10.1. The van der Waals surface area contributed by atoms with E-state index in [1.165, 1.54) is 11.8 Å². The van der Waals surface area contributed by atoms with E-state index in [0.29, 0.717) is 18.7 Å². The van der Waals surface area contributed by atoms with Gasteiger partial charge in [-0.1, -0.05) is 0 Å². The van der Waals surface area contributed by atoms with Crippen molar-refractivity contribution in [2.75, 3.05) is 18.6 Å². The number of amides is 2. The lowest BCUT2D eigenvalue weighted by Crippen LogP contribution is -2.54. The molecular weight excluding hydrogens is 392 g/mol. The normalized spacial score (nSPS) is 13.6. The number of hydrogen-bond acceptors (Lipinski definition) is 7. The van der Waals surface area contributed by atoms with Crippen LogP contribution in [0.15, 0.2) is 4.99 Å². The smallest absolute Gasteiger partial charge is 0.326 e. The minimum atomic E-state index is -1.60. The van der Waals surface area contributed by atoms with Crippen LogP contribution in [0.2, 0.25) is 0 Å². The summed E-state index contributed by atoms with van der Waals surface area (Å²) >= 11 is 1.43. The zero-order chi connectivity index (χ0) is 21.7. The van der Waals surface area contributed by atoms with Crippen LogP contribution in [-0.2, 0) is 19.2 Å². The van der Waals surface area contributed by atoms with Crippen LogP contribution in [0.4, 0.5) is 0 Å². The van der Waals surface area contributed by atoms with Crippen LogP contribution in [0.3, 0.4) is 0 Å². The van der Waals surface area contributed by atoms with E-state index in [4.69, 9.17) is 27.4 Å². The monoisotopic (exact) mass is 420 g/mol. The van der Waals surface area contributed by atoms with Crippen molar-refractivity contribution in [3.05, 3.63) is 0 Å². The van der Waals surface area contributed by atoms with Gasteiger partial charge in [0.25, 0.3) is 0 Å². The maximum Gasteiger partial charge on any atom is 0.326 e. The summed E-state index contributed by atoms with van der Waals surface area (Å²) in [5.41, 5.74) is 16.2. The van der Waals surface area contributed by atoms with Gasteiger partial charge in [0.05, 0.1) is 12.5 Å². The number of thioether (sulfide) groups is 1. The zero-order valence-electron chi connectivity index (χ0n) is 15.6. The number of carbonyl (C=O) groups excluding carboxylic acids is 2. The fourth-order valence-corrected chi connectivity index (χ4v) is 2.55. The Labute approximate surface area is 166 Å². The molecule has 0 saturated carbocycles. The minimum Gasteiger partial charge on any atom is -0.481 e. The predicted octanol–water partition coefficient (Wildman–Crippen LogP) is -2.35. The van der Waals surface area contributed by atoms with Crippen molar-refractivity contribution >= 4 is 41.5 Å². The Morgan fingerprint density at radius 3 is 2.14 bits per heavy atom. The second-order valence-corrected chi connectivity index (χ2v) is 6.88. The standard InChI is InChI=1S/C15H28N6O6S/c1-28-6-4-9(13(25)21-10(14(26)27)7-11(22)23)20-12(24)8(16)3-2-5-19-15(17)18/h8-10H,2-7,16H2,1H3,(H,20,24)(H,21,25)(H,22,23)(H,26,27)(H4,17,18,19). The molecule has 28 heavy (non-hydrogen) atoms. The minimum absolute atomic E-state index is 0.0684. The summed E-state index contributed by atoms with van der Waals surface area (Å²) in [7, 11) is 0. The van der Waals surface area contributed by atoms with Gasteiger partial charge in [0, 0.05) is 6.54 Å². The first-order valence-corrected chi connectivity index (χ1v) is 9.83. The Balaban J connectivity index is 4.87. The third-order valence-electron chi connectivity index (χ3n) is 3.54. The van der Waals surface area contributed by atoms with Crippen LogP contribution < -0.4 is 27.8 Å². The molecule has 3 atom stereocenters. The van der Waals surface area contributed by atoms with E-state index in [2.05, 4.69) is 15.6 Å². The lowest BCUT2D eigenvalue weighted by Gasteiger charge is -2.22. The average Bonchev–Trinajstić information content (AvgIpc) is 2.60. The number of guanidine groups is 1. The summed E-state index contributed by atoms with van der Waals surface area (Å²) < 4.78 is 0. The lowest BCUT2D eigenvalue weighted by molar-refractivity contribution is -0.147. The van der Waals surface area contributed by atoms with Crippen molar-refractivity contribution in [2.24, 2.45) is 22.2 Å². The highest BCUT2D eigenvalue weighted by Crippen LogP contribution is 2.04. The van der Waals surface area contributed by atoms with Gasteiger partial charge in [-0.3, -0.25) is 19.4 Å². The molecule has 13 heteroatoms. The Morgan fingerprint density at radius 2 is 1.64 bits per heavy atom. The molecule has 0 bridgehead atoms. The van der Waals surface area contributed by atoms with Crippen molar-refractivity contribution in [1.29, 1.82) is 0 Å². The molecule has 0 spiro atoms. The summed E-state index contributed by atoms with van der Waals surface area (Å²) in [6, 6.07) is -3.56. The first-order valence-electron chi connectivity index (χ1n) is 8.43. The van der Waals surface area contributed by atoms with Gasteiger partial charge in [0.15, 0.2) is 5.96 Å². The Hall–Kier alpha value is -2.54. The number of rotatable bonds is 14. The van der Waals surface area contributed by atoms with Gasteiger partial charge in [-0.15, -0.1) is 0 Å². The van der Waals surface area contributed by atoms with Crippen molar-refractivity contribution < 1.29 is 29.4 Å². The molecule has 0 aromatic heterocycles. The van der Waals surface area contributed by atoms with Crippen LogP contribution in [0.25, 0.3) is 0 Å². The van der Waals surface area contributed by atoms with Crippen LogP contribution in [0.5, 0.6) is 0 Å². The molecule has 0 saturated heterocycles. The van der Waals surface area contributed by atoms with Crippen LogP contribution in [0, 0.1) is 0 Å². The number of carboxylic acid groups (broad SMARTS) is 2. The number of nitrogens with two attached hydrogens (primary N) is 3. The van der Waals surface area contributed by atoms with E-state index in [1.54, 1.807) is 6.26 Å². The van der Waals surface area contributed by atoms with Gasteiger partial charge in [-0.2, -0.15) is 11.8 Å². The molecule has 0 aromatic carbocycles. The van der Waals surface area contributed by atoms with Crippen LogP contribution in [-0.4, -0.2) is 76.6 Å². The van der Waals surface area contributed by atoms with Crippen LogP contribution >= 0.6 is 11.8 Å². The first-order chi connectivity index (χ1) is 13.1. The van der Waals surface area contributed by atoms with Crippen molar-refractivity contribution in [3.63, 3.8) is 0 Å². The summed E-state index contributed by atoms with van der Waals surface area (Å²) in [6.07, 6.45) is 1.97. The van der Waals surface area contributed by atoms with E-state index < -0.39 is 48.3 Å². The molecule has 160 valence electrons. The molecule has 0 aliphatic rings. The third kappa shape index (κ3) is 11.2. The molecule has 3 unspecified atom stereocenters. The largest absolute Gasteiger partial charge is 0.481 e. The van der Waals surface area contributed by atoms with Crippen molar-refractivity contribution in [3.8, 4) is 0 Å². The summed E-state index contributed by atoms with van der Waals surface area (Å²) in [5.74, 6) is -3.79. The fourth-order valence-electron chi connectivity index (χ4n) is 2.08. The van der Waals surface area contributed by atoms with Gasteiger partial charge in [0.2, 0.25) is 11.8 Å². The molecule has 0 heterocycles. The van der Waals surface area contributed by atoms with Gasteiger partial charge in [0.1, 0.15) is 12.1 Å². The highest BCUT2D eigenvalue weighted by molar-refractivity contribution is 7.98. The average molecular weight is 420 g/mol. The quantitative estimate of drug-likeness (QED) is 0.0899. The molecule has 2 amide bonds. The number of aliphatic carboxylic acids is 2. The van der Waals surface area contributed by atoms with E-state index in [0.717, 1.165) is 0 Å². The molecular formula is C15H28N6O6S. The number of carbonyl (C=O) groups is 4. The van der Waals surface area contributed by atoms with E-state index in [-0.39, 0.29) is 18.8 Å². The van der Waals surface area contributed by atoms with Gasteiger partial charge in [-0.25, -0.2) is 4.79 Å². The van der Waals surface area contributed by atoms with Crippen LogP contribution in [0.1, 0.15) is 25.7 Å². The van der Waals surface area contributed by atoms with E-state index >= 15 is 0 Å². The summed E-state index contributed by atoms with van der Waals surface area (Å²) in [5, 5.41) is 22.4. The topological polar surface area (TPSA) is 223 Å². The molecule has 0 rings (SSSR count). The van der Waals surface area contributed by atoms with Gasteiger partial charge >= 0.3 is 11.9 Å². The third-order valence-corrected chi connectivity index (χ3v) is 4.19. The fraction of sp³-hybridized carbons (Fsp3) is 0.667. The SMILES string of the molecule is CSCCC(NC(=O)C(N)CCCN=C(N)N)C(=O)NC(CC(=O)O)C(=O)O. The zero-order valence-corrected chi connectivity index (χ0v) is 16.4. The molecule has 0 fully saturated rings. The summed E-state index contributed by atoms with van der Waals surface area (Å²) in [4.78, 5) is 50.2. The predicted molar refractivity (Wildman–Crippen MR) is 105 cm³/mol. The second-order valence-electron chi connectivity index (χ2n) is 5.90.